The molecular weight excluding hydrogens is 422 g/mol. The first-order valence-electron chi connectivity index (χ1n) is 9.77. The summed E-state index contributed by atoms with van der Waals surface area (Å²) in [7, 11) is 0. The van der Waals surface area contributed by atoms with E-state index in [4.69, 9.17) is 26.8 Å². The van der Waals surface area contributed by atoms with Crippen LogP contribution in [0.3, 0.4) is 0 Å². The van der Waals surface area contributed by atoms with Crippen molar-refractivity contribution in [3.63, 3.8) is 0 Å². The van der Waals surface area contributed by atoms with Crippen LogP contribution in [0.2, 0.25) is 5.02 Å². The van der Waals surface area contributed by atoms with Crippen LogP contribution >= 0.6 is 11.6 Å². The van der Waals surface area contributed by atoms with Crippen molar-refractivity contribution < 1.29 is 18.9 Å². The molecule has 9 nitrogen and oxygen atoms in total. The first kappa shape index (κ1) is 22.4. The third-order valence-electron chi connectivity index (χ3n) is 4.29. The molecule has 0 atom stereocenters. The molecule has 0 radical (unpaired) electrons. The van der Waals surface area contributed by atoms with Crippen molar-refractivity contribution in [2.24, 2.45) is 0 Å². The Kier molecular flexibility index (Phi) is 8.08. The normalized spacial score (nSPS) is 10.6. The summed E-state index contributed by atoms with van der Waals surface area (Å²) >= 11 is 5.95. The van der Waals surface area contributed by atoms with Gasteiger partial charge in [0.25, 0.3) is 5.91 Å². The number of nitrogens with one attached hydrogen (secondary N) is 2. The van der Waals surface area contributed by atoms with Gasteiger partial charge >= 0.3 is 0 Å². The third-order valence-corrected chi connectivity index (χ3v) is 4.54. The summed E-state index contributed by atoms with van der Waals surface area (Å²) in [6.07, 6.45) is 0. The Morgan fingerprint density at radius 2 is 1.94 bits per heavy atom. The number of aromatic nitrogens is 2. The molecule has 3 rings (SSSR count). The fourth-order valence-electron chi connectivity index (χ4n) is 2.79. The lowest BCUT2D eigenvalue weighted by atomic mass is 10.1. The largest absolute Gasteiger partial charge is 0.490 e. The Labute approximate surface area is 184 Å². The van der Waals surface area contributed by atoms with E-state index < -0.39 is 5.91 Å². The highest BCUT2D eigenvalue weighted by molar-refractivity contribution is 6.30. The first-order chi connectivity index (χ1) is 15.1. The lowest BCUT2D eigenvalue weighted by molar-refractivity contribution is 0.0944. The quantitative estimate of drug-likeness (QED) is 0.385. The zero-order chi connectivity index (χ0) is 22.1. The number of nitrogens with zero attached hydrogens (tertiary/aromatic N) is 2. The average Bonchev–Trinajstić information content (AvgIpc) is 3.20. The van der Waals surface area contributed by atoms with Crippen LogP contribution < -0.4 is 25.8 Å². The number of hydrogen-bond acceptors (Lipinski definition) is 8. The van der Waals surface area contributed by atoms with E-state index >= 15 is 0 Å². The maximum Gasteiger partial charge on any atom is 0.277 e. The summed E-state index contributed by atoms with van der Waals surface area (Å²) in [4.78, 5) is 11.9. The number of carbonyl (C=O) groups excluding carboxylic acids is 1. The maximum atomic E-state index is 11.9. The number of rotatable bonds is 11. The van der Waals surface area contributed by atoms with E-state index in [9.17, 15) is 4.79 Å². The van der Waals surface area contributed by atoms with E-state index in [0.717, 1.165) is 11.1 Å². The smallest absolute Gasteiger partial charge is 0.277 e. The summed E-state index contributed by atoms with van der Waals surface area (Å²) in [6.45, 7) is 4.26. The minimum absolute atomic E-state index is 0.0256. The predicted molar refractivity (Wildman–Crippen MR) is 116 cm³/mol. The Hall–Kier alpha value is -3.30. The number of benzene rings is 2. The molecule has 0 saturated carbocycles. The van der Waals surface area contributed by atoms with Gasteiger partial charge in [-0.1, -0.05) is 35.9 Å². The van der Waals surface area contributed by atoms with Crippen LogP contribution in [0.1, 0.15) is 28.5 Å². The molecular formula is C21H24ClN5O4. The second-order valence-electron chi connectivity index (χ2n) is 6.52. The SMILES string of the molecule is CCOc1cccc(CNCCNC(=O)c2nonc2N)c1OCc1ccc(Cl)cc1. The summed E-state index contributed by atoms with van der Waals surface area (Å²) in [5, 5.41) is 13.5. The minimum Gasteiger partial charge on any atom is -0.490 e. The van der Waals surface area contributed by atoms with Gasteiger partial charge in [0, 0.05) is 30.2 Å². The van der Waals surface area contributed by atoms with E-state index in [-0.39, 0.29) is 11.5 Å². The molecule has 0 aliphatic carbocycles. The third kappa shape index (κ3) is 6.34. The zero-order valence-corrected chi connectivity index (χ0v) is 17.8. The van der Waals surface area contributed by atoms with Gasteiger partial charge < -0.3 is 25.8 Å². The monoisotopic (exact) mass is 445 g/mol. The fraction of sp³-hybridized carbons (Fsp3) is 0.286. The lowest BCUT2D eigenvalue weighted by Crippen LogP contribution is -2.32. The number of halogens is 1. The topological polar surface area (TPSA) is 125 Å². The molecule has 10 heteroatoms. The Bertz CT molecular complexity index is 994. The minimum atomic E-state index is -0.439. The maximum absolute atomic E-state index is 11.9. The number of anilines is 1. The number of nitrogens with two attached hydrogens (primary N) is 1. The number of nitrogen functional groups attached to an aromatic ring is 1. The molecule has 0 saturated heterocycles. The number of ether oxygens (including phenoxy) is 2. The summed E-state index contributed by atoms with van der Waals surface area (Å²) in [6, 6.07) is 13.3. The second-order valence-corrected chi connectivity index (χ2v) is 6.96. The predicted octanol–water partition coefficient (Wildman–Crippen LogP) is 2.80. The second kappa shape index (κ2) is 11.2. The molecule has 0 fully saturated rings. The van der Waals surface area contributed by atoms with Gasteiger partial charge in [0.05, 0.1) is 6.61 Å². The van der Waals surface area contributed by atoms with Crippen molar-refractivity contribution in [2.45, 2.75) is 20.1 Å². The number of hydrogen-bond donors (Lipinski definition) is 3. The van der Waals surface area contributed by atoms with Crippen LogP contribution in [-0.4, -0.2) is 35.9 Å². The van der Waals surface area contributed by atoms with Crippen LogP contribution in [0.5, 0.6) is 11.5 Å². The zero-order valence-electron chi connectivity index (χ0n) is 17.1. The number of amides is 1. The molecule has 0 aliphatic heterocycles. The van der Waals surface area contributed by atoms with Crippen molar-refractivity contribution in [1.82, 2.24) is 20.9 Å². The van der Waals surface area contributed by atoms with E-state index in [0.29, 0.717) is 49.4 Å². The van der Waals surface area contributed by atoms with Crippen molar-refractivity contribution in [1.29, 1.82) is 0 Å². The molecule has 0 aliphatic rings. The fourth-order valence-corrected chi connectivity index (χ4v) is 2.92. The van der Waals surface area contributed by atoms with Crippen LogP contribution in [0, 0.1) is 0 Å². The van der Waals surface area contributed by atoms with Gasteiger partial charge in [0.15, 0.2) is 11.5 Å². The molecule has 0 unspecified atom stereocenters. The summed E-state index contributed by atoms with van der Waals surface area (Å²) < 4.78 is 16.2. The molecule has 2 aromatic carbocycles. The molecule has 1 amide bonds. The van der Waals surface area contributed by atoms with Gasteiger partial charge in [-0.25, -0.2) is 4.63 Å². The highest BCUT2D eigenvalue weighted by atomic mass is 35.5. The number of para-hydroxylation sites is 1. The van der Waals surface area contributed by atoms with Crippen molar-refractivity contribution in [2.75, 3.05) is 25.4 Å². The molecule has 3 aromatic rings. The van der Waals surface area contributed by atoms with Crippen molar-refractivity contribution in [3.05, 3.63) is 64.3 Å². The molecule has 1 heterocycles. The Morgan fingerprint density at radius 1 is 1.13 bits per heavy atom. The van der Waals surface area contributed by atoms with Gasteiger partial charge in [0.2, 0.25) is 11.5 Å². The molecule has 0 spiro atoms. The van der Waals surface area contributed by atoms with Gasteiger partial charge in [0.1, 0.15) is 6.61 Å². The first-order valence-corrected chi connectivity index (χ1v) is 10.1. The van der Waals surface area contributed by atoms with Gasteiger partial charge in [-0.3, -0.25) is 4.79 Å². The average molecular weight is 446 g/mol. The van der Waals surface area contributed by atoms with Crippen molar-refractivity contribution >= 4 is 23.3 Å². The van der Waals surface area contributed by atoms with Gasteiger partial charge in [-0.2, -0.15) is 0 Å². The lowest BCUT2D eigenvalue weighted by Gasteiger charge is -2.16. The van der Waals surface area contributed by atoms with Gasteiger partial charge in [-0.05, 0) is 41.0 Å². The highest BCUT2D eigenvalue weighted by Crippen LogP contribution is 2.32. The van der Waals surface area contributed by atoms with Gasteiger partial charge in [-0.15, -0.1) is 0 Å². The Balaban J connectivity index is 1.55. The van der Waals surface area contributed by atoms with E-state index in [1.165, 1.54) is 0 Å². The molecule has 31 heavy (non-hydrogen) atoms. The van der Waals surface area contributed by atoms with Crippen LogP contribution in [0.4, 0.5) is 5.82 Å². The highest BCUT2D eigenvalue weighted by Gasteiger charge is 2.15. The summed E-state index contributed by atoms with van der Waals surface area (Å²) in [5.74, 6) is 0.877. The molecule has 1 aromatic heterocycles. The van der Waals surface area contributed by atoms with E-state index in [1.54, 1.807) is 0 Å². The van der Waals surface area contributed by atoms with E-state index in [2.05, 4.69) is 25.6 Å². The van der Waals surface area contributed by atoms with Crippen LogP contribution in [0.25, 0.3) is 0 Å². The van der Waals surface area contributed by atoms with Crippen LogP contribution in [0.15, 0.2) is 47.1 Å². The Morgan fingerprint density at radius 3 is 2.65 bits per heavy atom. The summed E-state index contributed by atoms with van der Waals surface area (Å²) in [5.41, 5.74) is 7.42. The van der Waals surface area contributed by atoms with E-state index in [1.807, 2.05) is 49.4 Å². The molecule has 0 bridgehead atoms. The van der Waals surface area contributed by atoms with Crippen LogP contribution in [-0.2, 0) is 13.2 Å². The molecule has 164 valence electrons. The number of carbonyl (C=O) groups is 1. The van der Waals surface area contributed by atoms with Crippen molar-refractivity contribution in [3.8, 4) is 11.5 Å². The standard InChI is InChI=1S/C21H24ClN5O4/c1-2-29-17-5-3-4-15(19(17)30-13-14-6-8-16(22)9-7-14)12-24-10-11-25-21(28)18-20(23)27-31-26-18/h3-9,24H,2,10-13H2,1H3,(H2,23,27)(H,25,28). The molecule has 4 N–H and O–H groups in total.